The smallest absolute Gasteiger partial charge is 0.193 e. The molecule has 0 saturated heterocycles. The zero-order valence-electron chi connectivity index (χ0n) is 14.3. The number of phenolic OH excluding ortho intramolecular Hbond substituents is 1. The summed E-state index contributed by atoms with van der Waals surface area (Å²) in [7, 11) is 1.46. The van der Waals surface area contributed by atoms with Crippen LogP contribution in [-0.2, 0) is 6.42 Å². The highest BCUT2D eigenvalue weighted by Gasteiger charge is 2.31. The predicted molar refractivity (Wildman–Crippen MR) is 97.4 cm³/mol. The van der Waals surface area contributed by atoms with Crippen LogP contribution in [0.3, 0.4) is 0 Å². The van der Waals surface area contributed by atoms with E-state index >= 15 is 0 Å². The monoisotopic (exact) mass is 336 g/mol. The van der Waals surface area contributed by atoms with Gasteiger partial charge in [0.2, 0.25) is 0 Å². The fourth-order valence-electron chi connectivity index (χ4n) is 2.84. The largest absolute Gasteiger partial charge is 0.507 e. The number of rotatable bonds is 5. The summed E-state index contributed by atoms with van der Waals surface area (Å²) in [6, 6.07) is 11.2. The second kappa shape index (κ2) is 6.85. The van der Waals surface area contributed by atoms with Crippen LogP contribution < -0.4 is 9.47 Å². The first-order chi connectivity index (χ1) is 12.0. The number of benzene rings is 2. The minimum Gasteiger partial charge on any atom is -0.507 e. The van der Waals surface area contributed by atoms with Crippen molar-refractivity contribution in [2.75, 3.05) is 7.11 Å². The van der Waals surface area contributed by atoms with Gasteiger partial charge in [0.15, 0.2) is 5.78 Å². The summed E-state index contributed by atoms with van der Waals surface area (Å²) in [6.45, 7) is 5.77. The number of aromatic hydroxyl groups is 1. The molecule has 3 rings (SSSR count). The van der Waals surface area contributed by atoms with E-state index in [0.29, 0.717) is 23.5 Å². The van der Waals surface area contributed by atoms with E-state index in [1.165, 1.54) is 13.2 Å². The first-order valence-corrected chi connectivity index (χ1v) is 8.03. The molecule has 0 aromatic heterocycles. The maximum absolute atomic E-state index is 12.6. The molecule has 0 fully saturated rings. The van der Waals surface area contributed by atoms with Gasteiger partial charge in [-0.15, -0.1) is 0 Å². The fourth-order valence-corrected chi connectivity index (χ4v) is 2.84. The van der Waals surface area contributed by atoms with E-state index in [1.54, 1.807) is 12.1 Å². The van der Waals surface area contributed by atoms with Crippen molar-refractivity contribution in [1.82, 2.24) is 0 Å². The van der Waals surface area contributed by atoms with E-state index in [9.17, 15) is 9.90 Å². The Balaban J connectivity index is 1.97. The number of fused-ring (bicyclic) bond motifs is 1. The third-order valence-electron chi connectivity index (χ3n) is 4.23. The van der Waals surface area contributed by atoms with Gasteiger partial charge in [0.05, 0.1) is 7.11 Å². The molecule has 4 heteroatoms. The summed E-state index contributed by atoms with van der Waals surface area (Å²) in [6.07, 6.45) is 3.44. The number of ether oxygens (including phenoxy) is 2. The first-order valence-electron chi connectivity index (χ1n) is 8.03. The number of carbonyl (C=O) groups is 1. The lowest BCUT2D eigenvalue weighted by atomic mass is 9.99. The third kappa shape index (κ3) is 3.29. The van der Waals surface area contributed by atoms with E-state index in [4.69, 9.17) is 9.47 Å². The molecule has 0 radical (unpaired) electrons. The second-order valence-electron chi connectivity index (χ2n) is 6.04. The van der Waals surface area contributed by atoms with Gasteiger partial charge >= 0.3 is 0 Å². The van der Waals surface area contributed by atoms with Crippen LogP contribution in [0.5, 0.6) is 17.2 Å². The van der Waals surface area contributed by atoms with Crippen molar-refractivity contribution in [2.24, 2.45) is 0 Å². The Kier molecular flexibility index (Phi) is 4.61. The van der Waals surface area contributed by atoms with Gasteiger partial charge in [-0.25, -0.2) is 0 Å². The van der Waals surface area contributed by atoms with Gasteiger partial charge in [0.1, 0.15) is 28.9 Å². The lowest BCUT2D eigenvalue weighted by Crippen LogP contribution is -2.13. The third-order valence-corrected chi connectivity index (χ3v) is 4.23. The molecular weight excluding hydrogens is 316 g/mol. The van der Waals surface area contributed by atoms with Crippen LogP contribution in [0.2, 0.25) is 0 Å². The molecule has 0 amide bonds. The Bertz CT molecular complexity index is 850. The molecule has 4 nitrogen and oxygen atoms in total. The summed E-state index contributed by atoms with van der Waals surface area (Å²) in [4.78, 5) is 12.6. The van der Waals surface area contributed by atoms with E-state index in [-0.39, 0.29) is 23.2 Å². The van der Waals surface area contributed by atoms with Gasteiger partial charge in [-0.05, 0) is 24.1 Å². The molecule has 1 aliphatic rings. The maximum atomic E-state index is 12.6. The highest BCUT2D eigenvalue weighted by Crippen LogP contribution is 2.44. The lowest BCUT2D eigenvalue weighted by molar-refractivity contribution is 0.104. The van der Waals surface area contributed by atoms with Gasteiger partial charge in [-0.3, -0.25) is 4.79 Å². The van der Waals surface area contributed by atoms with Crippen LogP contribution in [0.25, 0.3) is 6.08 Å². The number of phenols is 1. The molecular formula is C21H20O4. The Morgan fingerprint density at radius 3 is 2.72 bits per heavy atom. The summed E-state index contributed by atoms with van der Waals surface area (Å²) in [5.41, 5.74) is 2.54. The quantitative estimate of drug-likeness (QED) is 0.506. The van der Waals surface area contributed by atoms with Crippen molar-refractivity contribution in [1.29, 1.82) is 0 Å². The van der Waals surface area contributed by atoms with Crippen molar-refractivity contribution >= 4 is 11.9 Å². The van der Waals surface area contributed by atoms with Crippen molar-refractivity contribution in [3.05, 3.63) is 71.3 Å². The average Bonchev–Trinajstić information content (AvgIpc) is 3.05. The standard InChI is InChI=1S/C21H20O4/c1-13(2)17-11-15-18(25-17)12-19(24-3)20(21(15)23)16(22)10-9-14-7-5-4-6-8-14/h4-10,12,17,23H,1,11H2,2-3H3/b10-9+/t17-/m1/s1. The minimum absolute atomic E-state index is 0.0826. The second-order valence-corrected chi connectivity index (χ2v) is 6.04. The number of allylic oxidation sites excluding steroid dienone is 1. The van der Waals surface area contributed by atoms with Crippen LogP contribution in [0.4, 0.5) is 0 Å². The van der Waals surface area contributed by atoms with Crippen LogP contribution >= 0.6 is 0 Å². The van der Waals surface area contributed by atoms with Crippen LogP contribution in [0.1, 0.15) is 28.4 Å². The molecule has 1 atom stereocenters. The highest BCUT2D eigenvalue weighted by molar-refractivity contribution is 6.11. The average molecular weight is 336 g/mol. The Hall–Kier alpha value is -3.01. The molecule has 2 aromatic carbocycles. The van der Waals surface area contributed by atoms with Crippen LogP contribution in [0, 0.1) is 0 Å². The van der Waals surface area contributed by atoms with Crippen molar-refractivity contribution < 1.29 is 19.4 Å². The maximum Gasteiger partial charge on any atom is 0.193 e. The Morgan fingerprint density at radius 2 is 2.08 bits per heavy atom. The molecule has 0 spiro atoms. The van der Waals surface area contributed by atoms with E-state index in [2.05, 4.69) is 6.58 Å². The van der Waals surface area contributed by atoms with Crippen molar-refractivity contribution in [3.63, 3.8) is 0 Å². The van der Waals surface area contributed by atoms with E-state index in [0.717, 1.165) is 11.1 Å². The molecule has 128 valence electrons. The summed E-state index contributed by atoms with van der Waals surface area (Å²) in [5, 5.41) is 10.6. The molecule has 2 aromatic rings. The van der Waals surface area contributed by atoms with Gasteiger partial charge < -0.3 is 14.6 Å². The number of hydrogen-bond acceptors (Lipinski definition) is 4. The van der Waals surface area contributed by atoms with Gasteiger partial charge in [0, 0.05) is 18.1 Å². The SMILES string of the molecule is C=C(C)[C@H]1Cc2c(cc(OC)c(C(=O)/C=C/c3ccccc3)c2O)O1. The molecule has 1 aliphatic heterocycles. The zero-order chi connectivity index (χ0) is 18.0. The number of carbonyl (C=O) groups excluding carboxylic acids is 1. The Labute approximate surface area is 147 Å². The fraction of sp³-hybridized carbons (Fsp3) is 0.190. The normalized spacial score (nSPS) is 15.7. The van der Waals surface area contributed by atoms with E-state index in [1.807, 2.05) is 37.3 Å². The summed E-state index contributed by atoms with van der Waals surface area (Å²) in [5.74, 6) is 0.424. The van der Waals surface area contributed by atoms with Gasteiger partial charge in [0.25, 0.3) is 0 Å². The molecule has 0 saturated carbocycles. The topological polar surface area (TPSA) is 55.8 Å². The predicted octanol–water partition coefficient (Wildman–Crippen LogP) is 4.18. The number of ketones is 1. The van der Waals surface area contributed by atoms with Gasteiger partial charge in [-0.1, -0.05) is 43.0 Å². The minimum atomic E-state index is -0.320. The number of hydrogen-bond donors (Lipinski definition) is 1. The molecule has 0 bridgehead atoms. The van der Waals surface area contributed by atoms with Crippen molar-refractivity contribution in [2.45, 2.75) is 19.4 Å². The van der Waals surface area contributed by atoms with Crippen LogP contribution in [0.15, 0.2) is 54.6 Å². The zero-order valence-corrected chi connectivity index (χ0v) is 14.3. The Morgan fingerprint density at radius 1 is 1.36 bits per heavy atom. The summed E-state index contributed by atoms with van der Waals surface area (Å²) >= 11 is 0. The first kappa shape index (κ1) is 16.8. The lowest BCUT2D eigenvalue weighted by Gasteiger charge is -2.12. The molecule has 0 unspecified atom stereocenters. The molecule has 0 aliphatic carbocycles. The molecule has 1 heterocycles. The van der Waals surface area contributed by atoms with Gasteiger partial charge in [-0.2, -0.15) is 0 Å². The molecule has 25 heavy (non-hydrogen) atoms. The number of methoxy groups -OCH3 is 1. The molecule has 1 N–H and O–H groups in total. The summed E-state index contributed by atoms with van der Waals surface area (Å²) < 4.78 is 11.1. The van der Waals surface area contributed by atoms with Crippen molar-refractivity contribution in [3.8, 4) is 17.2 Å². The highest BCUT2D eigenvalue weighted by atomic mass is 16.5. The van der Waals surface area contributed by atoms with Crippen LogP contribution in [-0.4, -0.2) is 24.1 Å². The van der Waals surface area contributed by atoms with E-state index < -0.39 is 0 Å².